The number of nitrogens with zero attached hydrogens (tertiary/aromatic N) is 3. The summed E-state index contributed by atoms with van der Waals surface area (Å²) in [6, 6.07) is 0. The number of carbonyl (C=O) groups is 2. The fourth-order valence-electron chi connectivity index (χ4n) is 1.88. The standard InChI is InChI=1S/C11H13N3O3/c1-11(10(16)17)2-5-14(7-11)9(15)8-6-12-3-4-13-8/h3-4,6H,2,5,7H2,1H3,(H,16,17). The van der Waals surface area contributed by atoms with E-state index in [1.807, 2.05) is 0 Å². The number of carbonyl (C=O) groups excluding carboxylic acids is 1. The number of carboxylic acid groups (broad SMARTS) is 1. The molecule has 6 nitrogen and oxygen atoms in total. The van der Waals surface area contributed by atoms with Crippen LogP contribution in [0.1, 0.15) is 23.8 Å². The predicted molar refractivity (Wildman–Crippen MR) is 58.3 cm³/mol. The summed E-state index contributed by atoms with van der Waals surface area (Å²) in [4.78, 5) is 32.3. The SMILES string of the molecule is CC1(C(=O)O)CCN(C(=O)c2cnccn2)C1. The molecule has 2 heterocycles. The van der Waals surface area contributed by atoms with Crippen LogP contribution in [-0.2, 0) is 4.79 Å². The fraction of sp³-hybridized carbons (Fsp3) is 0.455. The van der Waals surface area contributed by atoms with Gasteiger partial charge in [0.15, 0.2) is 0 Å². The van der Waals surface area contributed by atoms with Crippen molar-refractivity contribution in [1.82, 2.24) is 14.9 Å². The molecule has 0 radical (unpaired) electrons. The summed E-state index contributed by atoms with van der Waals surface area (Å²) in [6.45, 7) is 2.31. The van der Waals surface area contributed by atoms with E-state index in [-0.39, 0.29) is 18.1 Å². The lowest BCUT2D eigenvalue weighted by molar-refractivity contribution is -0.147. The van der Waals surface area contributed by atoms with Crippen molar-refractivity contribution in [2.45, 2.75) is 13.3 Å². The minimum atomic E-state index is -0.869. The van der Waals surface area contributed by atoms with Crippen LogP contribution in [0.4, 0.5) is 0 Å². The van der Waals surface area contributed by atoms with Gasteiger partial charge >= 0.3 is 5.97 Å². The van der Waals surface area contributed by atoms with E-state index in [0.717, 1.165) is 0 Å². The van der Waals surface area contributed by atoms with Crippen molar-refractivity contribution in [3.05, 3.63) is 24.3 Å². The van der Waals surface area contributed by atoms with Gasteiger partial charge in [0, 0.05) is 25.5 Å². The molecule has 17 heavy (non-hydrogen) atoms. The summed E-state index contributed by atoms with van der Waals surface area (Å²) in [5.41, 5.74) is -0.597. The zero-order valence-electron chi connectivity index (χ0n) is 9.46. The van der Waals surface area contributed by atoms with Crippen molar-refractivity contribution in [3.8, 4) is 0 Å². The van der Waals surface area contributed by atoms with Gasteiger partial charge in [-0.15, -0.1) is 0 Å². The molecule has 1 aliphatic heterocycles. The van der Waals surface area contributed by atoms with E-state index >= 15 is 0 Å². The van der Waals surface area contributed by atoms with Crippen molar-refractivity contribution in [2.24, 2.45) is 5.41 Å². The Morgan fingerprint density at radius 1 is 1.47 bits per heavy atom. The minimum absolute atomic E-state index is 0.220. The lowest BCUT2D eigenvalue weighted by atomic mass is 9.90. The Morgan fingerprint density at radius 2 is 2.24 bits per heavy atom. The third-order valence-electron chi connectivity index (χ3n) is 3.06. The van der Waals surface area contributed by atoms with Crippen molar-refractivity contribution in [1.29, 1.82) is 0 Å². The Bertz CT molecular complexity index is 449. The molecule has 0 aliphatic carbocycles. The molecule has 6 heteroatoms. The van der Waals surface area contributed by atoms with Crippen molar-refractivity contribution >= 4 is 11.9 Å². The van der Waals surface area contributed by atoms with Crippen LogP contribution < -0.4 is 0 Å². The summed E-state index contributed by atoms with van der Waals surface area (Å²) in [5.74, 6) is -1.13. The number of carboxylic acids is 1. The Hall–Kier alpha value is -1.98. The zero-order chi connectivity index (χ0) is 12.5. The number of likely N-dealkylation sites (tertiary alicyclic amines) is 1. The first-order chi connectivity index (χ1) is 8.03. The van der Waals surface area contributed by atoms with Crippen molar-refractivity contribution in [3.63, 3.8) is 0 Å². The number of hydrogen-bond acceptors (Lipinski definition) is 4. The second-order valence-electron chi connectivity index (χ2n) is 4.43. The topological polar surface area (TPSA) is 83.4 Å². The number of hydrogen-bond donors (Lipinski definition) is 1. The first-order valence-corrected chi connectivity index (χ1v) is 5.32. The highest BCUT2D eigenvalue weighted by molar-refractivity contribution is 5.92. The second-order valence-corrected chi connectivity index (χ2v) is 4.43. The Kier molecular flexibility index (Phi) is 2.79. The first-order valence-electron chi connectivity index (χ1n) is 5.32. The molecular weight excluding hydrogens is 222 g/mol. The molecule has 1 saturated heterocycles. The molecule has 0 bridgehead atoms. The molecule has 1 aromatic rings. The number of aliphatic carboxylic acids is 1. The van der Waals surface area contributed by atoms with Gasteiger partial charge in [0.2, 0.25) is 0 Å². The first kappa shape index (κ1) is 11.5. The molecule has 1 unspecified atom stereocenters. The van der Waals surface area contributed by atoms with E-state index in [9.17, 15) is 9.59 Å². The van der Waals surface area contributed by atoms with Gasteiger partial charge in [-0.05, 0) is 13.3 Å². The Morgan fingerprint density at radius 3 is 2.76 bits per heavy atom. The second kappa shape index (κ2) is 4.12. The van der Waals surface area contributed by atoms with Gasteiger partial charge in [-0.3, -0.25) is 14.6 Å². The maximum Gasteiger partial charge on any atom is 0.311 e. The Labute approximate surface area is 98.3 Å². The molecule has 0 aromatic carbocycles. The highest BCUT2D eigenvalue weighted by Crippen LogP contribution is 2.30. The van der Waals surface area contributed by atoms with Crippen LogP contribution >= 0.6 is 0 Å². The molecule has 90 valence electrons. The largest absolute Gasteiger partial charge is 0.481 e. The van der Waals surface area contributed by atoms with Gasteiger partial charge in [0.1, 0.15) is 5.69 Å². The number of aromatic nitrogens is 2. The molecule has 1 atom stereocenters. The monoisotopic (exact) mass is 235 g/mol. The number of amides is 1. The highest BCUT2D eigenvalue weighted by atomic mass is 16.4. The molecule has 1 fully saturated rings. The minimum Gasteiger partial charge on any atom is -0.481 e. The Balaban J connectivity index is 2.12. The third kappa shape index (κ3) is 2.11. The summed E-state index contributed by atoms with van der Waals surface area (Å²) in [6.07, 6.45) is 4.79. The average molecular weight is 235 g/mol. The molecule has 1 N–H and O–H groups in total. The van der Waals surface area contributed by atoms with E-state index in [2.05, 4.69) is 9.97 Å². The van der Waals surface area contributed by atoms with Gasteiger partial charge in [0.05, 0.1) is 11.6 Å². The summed E-state index contributed by atoms with van der Waals surface area (Å²) in [5, 5.41) is 9.08. The maximum atomic E-state index is 12.0. The van der Waals surface area contributed by atoms with Gasteiger partial charge < -0.3 is 10.0 Å². The van der Waals surface area contributed by atoms with Crippen LogP contribution in [0.5, 0.6) is 0 Å². The lowest BCUT2D eigenvalue weighted by Gasteiger charge is -2.19. The third-order valence-corrected chi connectivity index (χ3v) is 3.06. The van der Waals surface area contributed by atoms with Gasteiger partial charge in [-0.25, -0.2) is 4.98 Å². The fourth-order valence-corrected chi connectivity index (χ4v) is 1.88. The van der Waals surface area contributed by atoms with Crippen LogP contribution in [0.15, 0.2) is 18.6 Å². The smallest absolute Gasteiger partial charge is 0.311 e. The average Bonchev–Trinajstić information content (AvgIpc) is 2.74. The molecule has 1 amide bonds. The molecule has 0 spiro atoms. The predicted octanol–water partition coefficient (Wildman–Crippen LogP) is 0.413. The zero-order valence-corrected chi connectivity index (χ0v) is 9.46. The molecule has 0 saturated carbocycles. The van der Waals surface area contributed by atoms with Gasteiger partial charge in [0.25, 0.3) is 5.91 Å². The van der Waals surface area contributed by atoms with E-state index in [0.29, 0.717) is 13.0 Å². The van der Waals surface area contributed by atoms with E-state index in [4.69, 9.17) is 5.11 Å². The molecule has 1 aliphatic rings. The molecular formula is C11H13N3O3. The summed E-state index contributed by atoms with van der Waals surface area (Å²) in [7, 11) is 0. The van der Waals surface area contributed by atoms with Crippen molar-refractivity contribution < 1.29 is 14.7 Å². The molecule has 1 aromatic heterocycles. The quantitative estimate of drug-likeness (QED) is 0.802. The normalized spacial score (nSPS) is 23.7. The van der Waals surface area contributed by atoms with Crippen molar-refractivity contribution in [2.75, 3.05) is 13.1 Å². The van der Waals surface area contributed by atoms with E-state index < -0.39 is 11.4 Å². The number of rotatable bonds is 2. The van der Waals surface area contributed by atoms with Crippen LogP contribution in [-0.4, -0.2) is 44.9 Å². The molecule has 2 rings (SSSR count). The van der Waals surface area contributed by atoms with Gasteiger partial charge in [-0.2, -0.15) is 0 Å². The highest BCUT2D eigenvalue weighted by Gasteiger charge is 2.42. The van der Waals surface area contributed by atoms with Crippen LogP contribution in [0.3, 0.4) is 0 Å². The van der Waals surface area contributed by atoms with Crippen LogP contribution in [0, 0.1) is 5.41 Å². The summed E-state index contributed by atoms with van der Waals surface area (Å²) < 4.78 is 0. The van der Waals surface area contributed by atoms with E-state index in [1.165, 1.54) is 23.5 Å². The maximum absolute atomic E-state index is 12.0. The lowest BCUT2D eigenvalue weighted by Crippen LogP contribution is -2.35. The van der Waals surface area contributed by atoms with Gasteiger partial charge in [-0.1, -0.05) is 0 Å². The van der Waals surface area contributed by atoms with Crippen LogP contribution in [0.25, 0.3) is 0 Å². The van der Waals surface area contributed by atoms with E-state index in [1.54, 1.807) is 6.92 Å². The van der Waals surface area contributed by atoms with Crippen LogP contribution in [0.2, 0.25) is 0 Å². The summed E-state index contributed by atoms with van der Waals surface area (Å²) >= 11 is 0.